The van der Waals surface area contributed by atoms with Crippen molar-refractivity contribution in [3.63, 3.8) is 0 Å². The van der Waals surface area contributed by atoms with Crippen LogP contribution in [0.25, 0.3) is 0 Å². The van der Waals surface area contributed by atoms with Gasteiger partial charge in [0.15, 0.2) is 5.13 Å². The second-order valence-corrected chi connectivity index (χ2v) is 7.83. The summed E-state index contributed by atoms with van der Waals surface area (Å²) in [6.45, 7) is 3.80. The number of carbonyl (C=O) groups excluding carboxylic acids is 1. The van der Waals surface area contributed by atoms with Gasteiger partial charge in [0.1, 0.15) is 17.3 Å². The van der Waals surface area contributed by atoms with Crippen LogP contribution in [0.5, 0.6) is 5.75 Å². The molecule has 156 valence electrons. The lowest BCUT2D eigenvalue weighted by molar-refractivity contribution is 0.0946. The van der Waals surface area contributed by atoms with E-state index >= 15 is 0 Å². The van der Waals surface area contributed by atoms with Crippen LogP contribution in [0.4, 0.5) is 15.2 Å². The zero-order valence-electron chi connectivity index (χ0n) is 16.7. The quantitative estimate of drug-likeness (QED) is 0.653. The van der Waals surface area contributed by atoms with E-state index in [1.165, 1.54) is 29.2 Å². The minimum absolute atomic E-state index is 0.223. The smallest absolute Gasteiger partial charge is 0.271 e. The van der Waals surface area contributed by atoms with Gasteiger partial charge in [-0.05, 0) is 42.0 Å². The number of halogens is 1. The van der Waals surface area contributed by atoms with E-state index in [2.05, 4.69) is 32.2 Å². The van der Waals surface area contributed by atoms with Gasteiger partial charge in [-0.2, -0.15) is 0 Å². The first kappa shape index (κ1) is 20.2. The molecule has 2 aromatic carbocycles. The van der Waals surface area contributed by atoms with E-state index in [0.29, 0.717) is 12.2 Å². The molecule has 1 fully saturated rings. The first-order chi connectivity index (χ1) is 14.6. The number of aromatic nitrogens is 1. The number of piperazine rings is 1. The number of nitrogens with zero attached hydrogens (tertiary/aromatic N) is 3. The fourth-order valence-electron chi connectivity index (χ4n) is 3.34. The Morgan fingerprint density at radius 2 is 1.73 bits per heavy atom. The summed E-state index contributed by atoms with van der Waals surface area (Å²) in [4.78, 5) is 21.5. The van der Waals surface area contributed by atoms with Gasteiger partial charge >= 0.3 is 0 Å². The maximum atomic E-state index is 13.0. The fourth-order valence-corrected chi connectivity index (χ4v) is 4.20. The Balaban J connectivity index is 1.30. The van der Waals surface area contributed by atoms with Crippen molar-refractivity contribution < 1.29 is 13.9 Å². The number of anilines is 2. The van der Waals surface area contributed by atoms with E-state index in [0.717, 1.165) is 42.6 Å². The van der Waals surface area contributed by atoms with Gasteiger partial charge in [-0.1, -0.05) is 12.1 Å². The van der Waals surface area contributed by atoms with Crippen molar-refractivity contribution >= 4 is 28.1 Å². The third-order valence-corrected chi connectivity index (χ3v) is 5.98. The Labute approximate surface area is 178 Å². The lowest BCUT2D eigenvalue weighted by atomic mass is 10.2. The average molecular weight is 427 g/mol. The Morgan fingerprint density at radius 1 is 1.07 bits per heavy atom. The molecule has 0 saturated carbocycles. The molecule has 30 heavy (non-hydrogen) atoms. The first-order valence-corrected chi connectivity index (χ1v) is 10.6. The van der Waals surface area contributed by atoms with Gasteiger partial charge < -0.3 is 19.9 Å². The molecule has 1 amide bonds. The van der Waals surface area contributed by atoms with Crippen LogP contribution in [0, 0.1) is 5.82 Å². The number of benzene rings is 2. The standard InChI is InChI=1S/C22H23FN4O2S/c1-29-19-8-6-18(7-9-19)26-10-12-27(13-11-26)22-25-20(15-30-22)21(28)24-14-16-2-4-17(23)5-3-16/h2-9,15H,10-14H2,1H3,(H,24,28). The number of hydrogen-bond donors (Lipinski definition) is 1. The molecule has 6 nitrogen and oxygen atoms in total. The summed E-state index contributed by atoms with van der Waals surface area (Å²) >= 11 is 1.48. The molecule has 0 radical (unpaired) electrons. The van der Waals surface area contributed by atoms with Crippen LogP contribution in [-0.2, 0) is 6.54 Å². The van der Waals surface area contributed by atoms with Crippen molar-refractivity contribution in [2.75, 3.05) is 43.1 Å². The molecule has 1 N–H and O–H groups in total. The Hall–Kier alpha value is -3.13. The molecule has 0 atom stereocenters. The lowest BCUT2D eigenvalue weighted by Crippen LogP contribution is -2.46. The molecule has 1 aliphatic heterocycles. The Kier molecular flexibility index (Phi) is 6.13. The molecule has 1 aromatic heterocycles. The van der Waals surface area contributed by atoms with Crippen LogP contribution in [0.1, 0.15) is 16.1 Å². The fraction of sp³-hybridized carbons (Fsp3) is 0.273. The van der Waals surface area contributed by atoms with Gasteiger partial charge in [0.2, 0.25) is 0 Å². The van der Waals surface area contributed by atoms with E-state index in [1.807, 2.05) is 12.1 Å². The molecule has 0 unspecified atom stereocenters. The Bertz CT molecular complexity index is 983. The molecule has 8 heteroatoms. The molecular formula is C22H23FN4O2S. The zero-order valence-corrected chi connectivity index (χ0v) is 17.5. The van der Waals surface area contributed by atoms with Crippen LogP contribution in [0.3, 0.4) is 0 Å². The van der Waals surface area contributed by atoms with Crippen molar-refractivity contribution in [3.05, 3.63) is 71.0 Å². The molecule has 3 aromatic rings. The number of methoxy groups -OCH3 is 1. The van der Waals surface area contributed by atoms with E-state index in [9.17, 15) is 9.18 Å². The zero-order chi connectivity index (χ0) is 20.9. The normalized spacial score (nSPS) is 13.9. The molecule has 2 heterocycles. The average Bonchev–Trinajstić information content (AvgIpc) is 3.29. The Morgan fingerprint density at radius 3 is 2.40 bits per heavy atom. The van der Waals surface area contributed by atoms with Crippen molar-refractivity contribution in [1.82, 2.24) is 10.3 Å². The van der Waals surface area contributed by atoms with E-state index in [4.69, 9.17) is 4.74 Å². The monoisotopic (exact) mass is 426 g/mol. The topological polar surface area (TPSA) is 57.7 Å². The third-order valence-electron chi connectivity index (χ3n) is 5.08. The van der Waals surface area contributed by atoms with Crippen LogP contribution in [0.2, 0.25) is 0 Å². The summed E-state index contributed by atoms with van der Waals surface area (Å²) in [6.07, 6.45) is 0. The minimum Gasteiger partial charge on any atom is -0.497 e. The van der Waals surface area contributed by atoms with E-state index < -0.39 is 0 Å². The number of ether oxygens (including phenoxy) is 1. The van der Waals surface area contributed by atoms with Gasteiger partial charge in [-0.15, -0.1) is 11.3 Å². The highest BCUT2D eigenvalue weighted by Crippen LogP contribution is 2.25. The maximum absolute atomic E-state index is 13.0. The number of amides is 1. The highest BCUT2D eigenvalue weighted by Gasteiger charge is 2.21. The van der Waals surface area contributed by atoms with Gasteiger partial charge in [-0.25, -0.2) is 9.37 Å². The van der Waals surface area contributed by atoms with Crippen LogP contribution in [0.15, 0.2) is 53.9 Å². The van der Waals surface area contributed by atoms with Crippen molar-refractivity contribution in [3.8, 4) is 5.75 Å². The number of rotatable bonds is 6. The molecule has 1 saturated heterocycles. The van der Waals surface area contributed by atoms with E-state index in [1.54, 1.807) is 24.6 Å². The SMILES string of the molecule is COc1ccc(N2CCN(c3nc(C(=O)NCc4ccc(F)cc4)cs3)CC2)cc1. The predicted octanol–water partition coefficient (Wildman–Crippen LogP) is 3.55. The maximum Gasteiger partial charge on any atom is 0.271 e. The van der Waals surface area contributed by atoms with Crippen molar-refractivity contribution in [1.29, 1.82) is 0 Å². The second-order valence-electron chi connectivity index (χ2n) is 7.00. The summed E-state index contributed by atoms with van der Waals surface area (Å²) < 4.78 is 18.2. The lowest BCUT2D eigenvalue weighted by Gasteiger charge is -2.36. The summed E-state index contributed by atoms with van der Waals surface area (Å²) in [5.74, 6) is 0.338. The molecule has 1 aliphatic rings. The molecule has 0 aliphatic carbocycles. The molecular weight excluding hydrogens is 403 g/mol. The largest absolute Gasteiger partial charge is 0.497 e. The summed E-state index contributed by atoms with van der Waals surface area (Å²) in [6, 6.07) is 14.2. The first-order valence-electron chi connectivity index (χ1n) is 9.74. The molecule has 0 spiro atoms. The van der Waals surface area contributed by atoms with Crippen LogP contribution in [-0.4, -0.2) is 44.2 Å². The van der Waals surface area contributed by atoms with Gasteiger partial charge in [-0.3, -0.25) is 4.79 Å². The summed E-state index contributed by atoms with van der Waals surface area (Å²) in [5, 5.41) is 5.48. The molecule has 0 bridgehead atoms. The van der Waals surface area contributed by atoms with Crippen LogP contribution < -0.4 is 19.9 Å². The summed E-state index contributed by atoms with van der Waals surface area (Å²) in [7, 11) is 1.67. The van der Waals surface area contributed by atoms with E-state index in [-0.39, 0.29) is 11.7 Å². The third kappa shape index (κ3) is 4.71. The molecule has 4 rings (SSSR count). The number of thiazole rings is 1. The highest BCUT2D eigenvalue weighted by atomic mass is 32.1. The highest BCUT2D eigenvalue weighted by molar-refractivity contribution is 7.13. The number of hydrogen-bond acceptors (Lipinski definition) is 6. The van der Waals surface area contributed by atoms with Crippen LogP contribution >= 0.6 is 11.3 Å². The second kappa shape index (κ2) is 9.13. The van der Waals surface area contributed by atoms with Crippen molar-refractivity contribution in [2.24, 2.45) is 0 Å². The predicted molar refractivity (Wildman–Crippen MR) is 117 cm³/mol. The number of nitrogens with one attached hydrogen (secondary N) is 1. The minimum atomic E-state index is -0.290. The van der Waals surface area contributed by atoms with Crippen molar-refractivity contribution in [2.45, 2.75) is 6.54 Å². The van der Waals surface area contributed by atoms with Gasteiger partial charge in [0.05, 0.1) is 7.11 Å². The van der Waals surface area contributed by atoms with Gasteiger partial charge in [0.25, 0.3) is 5.91 Å². The summed E-state index contributed by atoms with van der Waals surface area (Å²) in [5.41, 5.74) is 2.43. The van der Waals surface area contributed by atoms with Gasteiger partial charge in [0, 0.05) is 43.8 Å². The number of carbonyl (C=O) groups is 1.